The number of benzene rings is 3. The zero-order valence-corrected chi connectivity index (χ0v) is 27.0. The van der Waals surface area contributed by atoms with Gasteiger partial charge in [-0.05, 0) is 103 Å². The second-order valence-electron chi connectivity index (χ2n) is 13.5. The van der Waals surface area contributed by atoms with Gasteiger partial charge in [0.15, 0.2) is 11.1 Å². The molecule has 232 valence electrons. The first-order chi connectivity index (χ1) is 20.4. The van der Waals surface area contributed by atoms with Crippen LogP contribution in [0.1, 0.15) is 66.5 Å². The van der Waals surface area contributed by atoms with Crippen LogP contribution in [0.3, 0.4) is 0 Å². The quantitative estimate of drug-likeness (QED) is 0.254. The van der Waals surface area contributed by atoms with Crippen LogP contribution < -0.4 is 9.47 Å². The first kappa shape index (κ1) is 31.2. The minimum atomic E-state index is -0.904. The Morgan fingerprint density at radius 3 is 1.05 bits per heavy atom. The minimum Gasteiger partial charge on any atom is -0.714 e. The molecule has 0 fully saturated rings. The van der Waals surface area contributed by atoms with Crippen molar-refractivity contribution in [2.24, 2.45) is 0 Å². The number of hydrogen-bond acceptors (Lipinski definition) is 6. The molecule has 0 saturated heterocycles. The van der Waals surface area contributed by atoms with Crippen molar-refractivity contribution in [3.05, 3.63) is 82.2 Å². The molecule has 0 aliphatic carbocycles. The number of hydrogen-bond donors (Lipinski definition) is 0. The fourth-order valence-corrected chi connectivity index (χ4v) is 5.63. The van der Waals surface area contributed by atoms with Crippen molar-refractivity contribution in [3.63, 3.8) is 0 Å². The molecule has 5 rings (SSSR count). The van der Waals surface area contributed by atoms with Crippen LogP contribution in [0.5, 0.6) is 11.5 Å². The van der Waals surface area contributed by atoms with Gasteiger partial charge in [0, 0.05) is 21.5 Å². The second kappa shape index (κ2) is 10.1. The van der Waals surface area contributed by atoms with Crippen LogP contribution in [0, 0.1) is 10.4 Å². The van der Waals surface area contributed by atoms with E-state index < -0.39 is 22.2 Å². The molecule has 0 saturated carbocycles. The number of hydroxylamine groups is 6. The summed E-state index contributed by atoms with van der Waals surface area (Å²) in [5, 5.41) is 54.1. The van der Waals surface area contributed by atoms with Gasteiger partial charge in [0.25, 0.3) is 0 Å². The van der Waals surface area contributed by atoms with E-state index in [9.17, 15) is 20.8 Å². The summed E-state index contributed by atoms with van der Waals surface area (Å²) in [6.45, 7) is 14.1. The molecule has 2 radical (unpaired) electrons. The molecule has 0 bridgehead atoms. The standard InChI is InChI=1S/C34H40N4O6/c1-31(2)32(3,4)36(40)29(35(31)39)23-15-11-21(12-16-23)25-19-28(44-10)26(20-27(25)43-9)22-13-17-24(18-14-22)30-37(41)33(5,6)34(7,8)38(30)42/h11-20H,1-10H3. The van der Waals surface area contributed by atoms with E-state index in [0.717, 1.165) is 41.9 Å². The highest BCUT2D eigenvalue weighted by molar-refractivity contribution is 5.97. The van der Waals surface area contributed by atoms with Crippen molar-refractivity contribution in [1.29, 1.82) is 0 Å². The number of nitrogens with zero attached hydrogens (tertiary/aromatic N) is 4. The second-order valence-corrected chi connectivity index (χ2v) is 13.5. The summed E-state index contributed by atoms with van der Waals surface area (Å²) < 4.78 is 13.2. The molecule has 3 aromatic carbocycles. The van der Waals surface area contributed by atoms with E-state index in [1.54, 1.807) is 93.9 Å². The number of methoxy groups -OCH3 is 2. The molecular formula is C34H40N4O6. The summed E-state index contributed by atoms with van der Waals surface area (Å²) in [6, 6.07) is 18.2. The fraction of sp³-hybridized carbons (Fsp3) is 0.412. The van der Waals surface area contributed by atoms with E-state index in [1.807, 2.05) is 36.4 Å². The Hall–Kier alpha value is -4.28. The maximum Gasteiger partial charge on any atom is 0.316 e. The molecule has 0 spiro atoms. The van der Waals surface area contributed by atoms with Crippen molar-refractivity contribution in [1.82, 2.24) is 10.1 Å². The monoisotopic (exact) mass is 600 g/mol. The van der Waals surface area contributed by atoms with E-state index >= 15 is 0 Å². The van der Waals surface area contributed by atoms with E-state index in [4.69, 9.17) is 9.47 Å². The topological polar surface area (TPSA) is 117 Å². The lowest BCUT2D eigenvalue weighted by Gasteiger charge is -2.32. The SMILES string of the molecule is COc1cc(-c2ccc(C3=[N+]([O-])C(C)(C)C(C)(C)N3[O])cc2)c(OC)cc1-c1ccc(C2=[N+]([O-])C(C)(C)C(C)(C)N2[O])cc1. The predicted molar refractivity (Wildman–Crippen MR) is 167 cm³/mol. The normalized spacial score (nSPS) is 20.0. The minimum absolute atomic E-state index is 0.0815. The van der Waals surface area contributed by atoms with E-state index in [1.165, 1.54) is 0 Å². The van der Waals surface area contributed by atoms with Crippen molar-refractivity contribution >= 4 is 11.7 Å². The van der Waals surface area contributed by atoms with Gasteiger partial charge >= 0.3 is 11.7 Å². The Morgan fingerprint density at radius 2 is 0.818 bits per heavy atom. The van der Waals surface area contributed by atoms with Gasteiger partial charge in [-0.15, -0.1) is 0 Å². The van der Waals surface area contributed by atoms with Gasteiger partial charge in [-0.3, -0.25) is 9.48 Å². The smallest absolute Gasteiger partial charge is 0.316 e. The molecule has 2 heterocycles. The molecule has 0 unspecified atom stereocenters. The van der Waals surface area contributed by atoms with Crippen LogP contribution in [-0.4, -0.2) is 67.7 Å². The molecule has 0 N–H and O–H groups in total. The number of ether oxygens (including phenoxy) is 2. The molecule has 44 heavy (non-hydrogen) atoms. The first-order valence-electron chi connectivity index (χ1n) is 14.5. The molecular weight excluding hydrogens is 560 g/mol. The van der Waals surface area contributed by atoms with Crippen LogP contribution in [0.25, 0.3) is 22.3 Å². The summed E-state index contributed by atoms with van der Waals surface area (Å²) in [5.74, 6) is 1.35. The maximum atomic E-state index is 13.1. The largest absolute Gasteiger partial charge is 0.714 e. The highest BCUT2D eigenvalue weighted by Gasteiger charge is 2.61. The Bertz CT molecular complexity index is 1550. The number of amidine groups is 2. The van der Waals surface area contributed by atoms with Gasteiger partial charge < -0.3 is 19.9 Å². The third kappa shape index (κ3) is 4.22. The average Bonchev–Trinajstić information content (AvgIpc) is 3.19. The van der Waals surface area contributed by atoms with Crippen molar-refractivity contribution in [2.45, 2.75) is 77.5 Å². The van der Waals surface area contributed by atoms with E-state index in [2.05, 4.69) is 0 Å². The molecule has 0 atom stereocenters. The molecule has 0 aromatic heterocycles. The summed E-state index contributed by atoms with van der Waals surface area (Å²) in [4.78, 5) is 0. The highest BCUT2D eigenvalue weighted by atomic mass is 16.5. The number of rotatable bonds is 6. The van der Waals surface area contributed by atoms with Crippen LogP contribution in [0.2, 0.25) is 0 Å². The van der Waals surface area contributed by atoms with Gasteiger partial charge in [0.05, 0.1) is 25.3 Å². The molecule has 2 aliphatic rings. The average molecular weight is 601 g/mol. The summed E-state index contributed by atoms with van der Waals surface area (Å²) in [7, 11) is 3.17. The van der Waals surface area contributed by atoms with Gasteiger partial charge in [0.1, 0.15) is 22.6 Å². The van der Waals surface area contributed by atoms with Crippen LogP contribution in [0.4, 0.5) is 0 Å². The molecule has 2 aliphatic heterocycles. The third-order valence-electron chi connectivity index (χ3n) is 10.2. The van der Waals surface area contributed by atoms with Crippen molar-refractivity contribution in [2.75, 3.05) is 14.2 Å². The Labute approximate surface area is 258 Å². The van der Waals surface area contributed by atoms with Gasteiger partial charge in [-0.1, -0.05) is 34.4 Å². The summed E-state index contributed by atoms with van der Waals surface area (Å²) >= 11 is 0. The summed E-state index contributed by atoms with van der Waals surface area (Å²) in [5.41, 5.74) is 0.595. The Kier molecular flexibility index (Phi) is 7.18. The maximum absolute atomic E-state index is 13.1. The van der Waals surface area contributed by atoms with Gasteiger partial charge in [-0.25, -0.2) is 0 Å². The zero-order chi connectivity index (χ0) is 32.6. The lowest BCUT2D eigenvalue weighted by molar-refractivity contribution is -0.539. The van der Waals surface area contributed by atoms with Crippen molar-refractivity contribution in [3.8, 4) is 33.8 Å². The van der Waals surface area contributed by atoms with Crippen molar-refractivity contribution < 1.29 is 29.4 Å². The molecule has 10 nitrogen and oxygen atoms in total. The predicted octanol–water partition coefficient (Wildman–Crippen LogP) is 5.99. The molecule has 3 aromatic rings. The van der Waals surface area contributed by atoms with Crippen LogP contribution >= 0.6 is 0 Å². The molecule has 10 heteroatoms. The zero-order valence-electron chi connectivity index (χ0n) is 27.0. The van der Waals surface area contributed by atoms with Gasteiger partial charge in [0.2, 0.25) is 0 Å². The summed E-state index contributed by atoms with van der Waals surface area (Å²) in [6.07, 6.45) is 0. The van der Waals surface area contributed by atoms with Gasteiger partial charge in [-0.2, -0.15) is 0 Å². The Morgan fingerprint density at radius 1 is 0.545 bits per heavy atom. The van der Waals surface area contributed by atoms with E-state index in [-0.39, 0.29) is 11.7 Å². The lowest BCUT2D eigenvalue weighted by Crippen LogP contribution is -2.53. The Balaban J connectivity index is 1.50. The van der Waals surface area contributed by atoms with E-state index in [0.29, 0.717) is 22.6 Å². The highest BCUT2D eigenvalue weighted by Crippen LogP contribution is 2.43. The third-order valence-corrected chi connectivity index (χ3v) is 10.2. The lowest BCUT2D eigenvalue weighted by atomic mass is 9.84. The fourth-order valence-electron chi connectivity index (χ4n) is 5.63. The van der Waals surface area contributed by atoms with Crippen LogP contribution in [0.15, 0.2) is 60.7 Å². The molecule has 0 amide bonds. The first-order valence-corrected chi connectivity index (χ1v) is 14.5. The van der Waals surface area contributed by atoms with Crippen LogP contribution in [-0.2, 0) is 10.4 Å².